The second-order valence-electron chi connectivity index (χ2n) is 7.76. The molecule has 1 amide bonds. The van der Waals surface area contributed by atoms with Gasteiger partial charge >= 0.3 is 6.36 Å². The number of nitrogens with zero attached hydrogens (tertiary/aromatic N) is 1. The van der Waals surface area contributed by atoms with Gasteiger partial charge in [-0.2, -0.15) is 0 Å². The second-order valence-corrected chi connectivity index (χ2v) is 7.76. The minimum Gasteiger partial charge on any atom is -0.368 e. The number of carbonyl (C=O) groups is 1. The molecule has 2 aliphatic heterocycles. The first-order valence-electron chi connectivity index (χ1n) is 9.41. The molecule has 1 aliphatic carbocycles. The summed E-state index contributed by atoms with van der Waals surface area (Å²) in [6.45, 7) is 2.10. The number of nitrogens with one attached hydrogen (secondary N) is 1. The molecular formula is C19H24F3N3O2. The molecule has 5 atom stereocenters. The largest absolute Gasteiger partial charge is 0.522 e. The van der Waals surface area contributed by atoms with Crippen molar-refractivity contribution in [2.45, 2.75) is 43.3 Å². The van der Waals surface area contributed by atoms with Crippen molar-refractivity contribution in [1.29, 1.82) is 0 Å². The van der Waals surface area contributed by atoms with E-state index in [0.29, 0.717) is 23.9 Å². The maximum atomic E-state index is 13.1. The summed E-state index contributed by atoms with van der Waals surface area (Å²) in [5.41, 5.74) is 4.68. The van der Waals surface area contributed by atoms with Crippen molar-refractivity contribution in [3.8, 4) is 0 Å². The Balaban J connectivity index is 1.79. The number of alkyl halides is 3. The van der Waals surface area contributed by atoms with Crippen LogP contribution in [0.2, 0.25) is 0 Å². The molecule has 1 aromatic carbocycles. The predicted molar refractivity (Wildman–Crippen MR) is 92.4 cm³/mol. The van der Waals surface area contributed by atoms with Gasteiger partial charge in [0.25, 0.3) is 0 Å². The quantitative estimate of drug-likeness (QED) is 0.834. The molecule has 148 valence electrons. The third kappa shape index (κ3) is 3.03. The molecule has 0 aromatic heterocycles. The molecule has 0 bridgehead atoms. The number of likely N-dealkylation sites (tertiary alicyclic amines) is 1. The number of rotatable bonds is 4. The highest BCUT2D eigenvalue weighted by Gasteiger charge is 2.61. The highest BCUT2D eigenvalue weighted by atomic mass is 19.4. The Morgan fingerprint density at radius 2 is 1.93 bits per heavy atom. The third-order valence-corrected chi connectivity index (χ3v) is 6.54. The van der Waals surface area contributed by atoms with Crippen LogP contribution in [0.25, 0.3) is 0 Å². The number of benzene rings is 1. The van der Waals surface area contributed by atoms with Crippen LogP contribution < -0.4 is 11.1 Å². The van der Waals surface area contributed by atoms with Crippen LogP contribution >= 0.6 is 0 Å². The second kappa shape index (κ2) is 6.76. The third-order valence-electron chi connectivity index (χ3n) is 6.54. The van der Waals surface area contributed by atoms with Gasteiger partial charge in [0, 0.05) is 12.6 Å². The molecule has 4 rings (SSSR count). The SMILES string of the molecule is NC(=O)[C@]1(c2ccccc2)C(OC(F)(F)F)CCN1C1CCC2CNCC21. The van der Waals surface area contributed by atoms with Gasteiger partial charge in [-0.1, -0.05) is 30.3 Å². The standard InChI is InChI=1S/C19H24F3N3O2/c20-19(21,22)27-16-8-9-25(15-7-6-12-10-24-11-14(12)15)18(16,17(23)26)13-4-2-1-3-5-13/h1-5,12,14-16,24H,6-11H2,(H2,23,26)/t12?,14?,15?,16?,18-/m0/s1. The molecule has 4 unspecified atom stereocenters. The van der Waals surface area contributed by atoms with Crippen LogP contribution in [0.3, 0.4) is 0 Å². The molecule has 0 spiro atoms. The van der Waals surface area contributed by atoms with E-state index in [-0.39, 0.29) is 12.5 Å². The number of amides is 1. The van der Waals surface area contributed by atoms with Gasteiger partial charge in [0.1, 0.15) is 0 Å². The fraction of sp³-hybridized carbons (Fsp3) is 0.632. The molecule has 0 radical (unpaired) electrons. The minimum atomic E-state index is -4.83. The maximum Gasteiger partial charge on any atom is 0.522 e. The van der Waals surface area contributed by atoms with E-state index in [4.69, 9.17) is 5.73 Å². The van der Waals surface area contributed by atoms with E-state index in [0.717, 1.165) is 25.9 Å². The zero-order chi connectivity index (χ0) is 19.2. The first kappa shape index (κ1) is 18.7. The number of halogens is 3. The Morgan fingerprint density at radius 1 is 1.19 bits per heavy atom. The summed E-state index contributed by atoms with van der Waals surface area (Å²) in [4.78, 5) is 14.7. The summed E-state index contributed by atoms with van der Waals surface area (Å²) in [5.74, 6) is 0.0332. The normalized spacial score (nSPS) is 36.9. The molecule has 2 saturated heterocycles. The van der Waals surface area contributed by atoms with E-state index in [9.17, 15) is 18.0 Å². The van der Waals surface area contributed by atoms with E-state index >= 15 is 0 Å². The van der Waals surface area contributed by atoms with E-state index in [1.807, 2.05) is 4.90 Å². The first-order valence-corrected chi connectivity index (χ1v) is 9.41. The zero-order valence-corrected chi connectivity index (χ0v) is 14.9. The molecule has 8 heteroatoms. The van der Waals surface area contributed by atoms with Gasteiger partial charge in [-0.15, -0.1) is 13.2 Å². The lowest BCUT2D eigenvalue weighted by atomic mass is 9.82. The fourth-order valence-corrected chi connectivity index (χ4v) is 5.55. The summed E-state index contributed by atoms with van der Waals surface area (Å²) in [6.07, 6.45) is -4.21. The van der Waals surface area contributed by atoms with Crippen molar-refractivity contribution < 1.29 is 22.7 Å². The summed E-state index contributed by atoms with van der Waals surface area (Å²) in [7, 11) is 0. The van der Waals surface area contributed by atoms with Crippen molar-refractivity contribution in [3.05, 3.63) is 35.9 Å². The Labute approximate surface area is 156 Å². The van der Waals surface area contributed by atoms with E-state index in [1.54, 1.807) is 30.3 Å². The Kier molecular flexibility index (Phi) is 4.68. The van der Waals surface area contributed by atoms with E-state index in [1.165, 1.54) is 0 Å². The predicted octanol–water partition coefficient (Wildman–Crippen LogP) is 1.98. The molecule has 1 aromatic rings. The van der Waals surface area contributed by atoms with Crippen molar-refractivity contribution >= 4 is 5.91 Å². The van der Waals surface area contributed by atoms with Crippen LogP contribution in [0, 0.1) is 11.8 Å². The lowest BCUT2D eigenvalue weighted by Gasteiger charge is -2.44. The highest BCUT2D eigenvalue weighted by molar-refractivity contribution is 5.87. The summed E-state index contributed by atoms with van der Waals surface area (Å²) in [5, 5.41) is 3.37. The van der Waals surface area contributed by atoms with Gasteiger partial charge < -0.3 is 11.1 Å². The molecule has 3 fully saturated rings. The number of ether oxygens (including phenoxy) is 1. The Bertz CT molecular complexity index is 699. The van der Waals surface area contributed by atoms with Crippen molar-refractivity contribution in [3.63, 3.8) is 0 Å². The topological polar surface area (TPSA) is 67.6 Å². The molecule has 1 saturated carbocycles. The maximum absolute atomic E-state index is 13.1. The number of hydrogen-bond donors (Lipinski definition) is 2. The fourth-order valence-electron chi connectivity index (χ4n) is 5.55. The van der Waals surface area contributed by atoms with Gasteiger partial charge in [-0.3, -0.25) is 14.4 Å². The average molecular weight is 383 g/mol. The molecule has 5 nitrogen and oxygen atoms in total. The first-order chi connectivity index (χ1) is 12.8. The van der Waals surface area contributed by atoms with Crippen LogP contribution in [0.4, 0.5) is 13.2 Å². The van der Waals surface area contributed by atoms with Crippen LogP contribution in [0.5, 0.6) is 0 Å². The summed E-state index contributed by atoms with van der Waals surface area (Å²) >= 11 is 0. The lowest BCUT2D eigenvalue weighted by molar-refractivity contribution is -0.349. The summed E-state index contributed by atoms with van der Waals surface area (Å²) in [6, 6.07) is 8.57. The van der Waals surface area contributed by atoms with Gasteiger partial charge in [-0.25, -0.2) is 0 Å². The highest BCUT2D eigenvalue weighted by Crippen LogP contribution is 2.49. The number of carbonyl (C=O) groups excluding carboxylic acids is 1. The molecule has 3 N–H and O–H groups in total. The van der Waals surface area contributed by atoms with Crippen molar-refractivity contribution in [1.82, 2.24) is 10.2 Å². The van der Waals surface area contributed by atoms with Gasteiger partial charge in [0.2, 0.25) is 5.91 Å². The molecule has 27 heavy (non-hydrogen) atoms. The molecule has 3 aliphatic rings. The number of fused-ring (bicyclic) bond motifs is 1. The van der Waals surface area contributed by atoms with E-state index < -0.39 is 23.9 Å². The minimum absolute atomic E-state index is 0.0135. The van der Waals surface area contributed by atoms with Crippen LogP contribution in [-0.2, 0) is 15.1 Å². The van der Waals surface area contributed by atoms with Crippen molar-refractivity contribution in [2.24, 2.45) is 17.6 Å². The van der Waals surface area contributed by atoms with Crippen LogP contribution in [0.15, 0.2) is 30.3 Å². The Morgan fingerprint density at radius 3 is 2.59 bits per heavy atom. The smallest absolute Gasteiger partial charge is 0.368 e. The van der Waals surface area contributed by atoms with Gasteiger partial charge in [-0.05, 0) is 49.8 Å². The lowest BCUT2D eigenvalue weighted by Crippen LogP contribution is -2.61. The Hall–Kier alpha value is -1.64. The van der Waals surface area contributed by atoms with Gasteiger partial charge in [0.05, 0.1) is 6.10 Å². The van der Waals surface area contributed by atoms with E-state index in [2.05, 4.69) is 10.1 Å². The molecule has 2 heterocycles. The van der Waals surface area contributed by atoms with Crippen LogP contribution in [-0.4, -0.2) is 48.9 Å². The van der Waals surface area contributed by atoms with Crippen molar-refractivity contribution in [2.75, 3.05) is 19.6 Å². The number of nitrogens with two attached hydrogens (primary N) is 1. The number of primary amides is 1. The summed E-state index contributed by atoms with van der Waals surface area (Å²) < 4.78 is 43.9. The molecular weight excluding hydrogens is 359 g/mol. The monoisotopic (exact) mass is 383 g/mol. The van der Waals surface area contributed by atoms with Gasteiger partial charge in [0.15, 0.2) is 5.54 Å². The zero-order valence-electron chi connectivity index (χ0n) is 14.9. The van der Waals surface area contributed by atoms with Crippen LogP contribution in [0.1, 0.15) is 24.8 Å². The number of hydrogen-bond acceptors (Lipinski definition) is 4. The average Bonchev–Trinajstić information content (AvgIpc) is 3.28.